The Balaban J connectivity index is 0.000000175. The van der Waals surface area contributed by atoms with Gasteiger partial charge in [0, 0.05) is 39.1 Å². The van der Waals surface area contributed by atoms with Crippen molar-refractivity contribution < 1.29 is 0 Å². The van der Waals surface area contributed by atoms with Crippen molar-refractivity contribution in [3.63, 3.8) is 0 Å². The highest BCUT2D eigenvalue weighted by molar-refractivity contribution is 6.36. The smallest absolute Gasteiger partial charge is 0.161 e. The lowest BCUT2D eigenvalue weighted by molar-refractivity contribution is 0.944. The van der Waals surface area contributed by atoms with Crippen LogP contribution < -0.4 is 0 Å². The van der Waals surface area contributed by atoms with Crippen molar-refractivity contribution >= 4 is 58.0 Å². The molecule has 0 aliphatic rings. The summed E-state index contributed by atoms with van der Waals surface area (Å²) in [6.45, 7) is 5.70. The van der Waals surface area contributed by atoms with Gasteiger partial charge in [-0.25, -0.2) is 0 Å². The lowest BCUT2D eigenvalue weighted by Gasteiger charge is -2.14. The Morgan fingerprint density at radius 1 is 0.432 bits per heavy atom. The van der Waals surface area contributed by atoms with Gasteiger partial charge in [-0.2, -0.15) is 15.3 Å². The van der Waals surface area contributed by atoms with E-state index in [0.717, 1.165) is 44.9 Å². The maximum Gasteiger partial charge on any atom is 0.161 e. The van der Waals surface area contributed by atoms with Crippen molar-refractivity contribution in [3.05, 3.63) is 128 Å². The Morgan fingerprint density at radius 3 is 1.27 bits per heavy atom. The molecule has 0 bridgehead atoms. The predicted molar refractivity (Wildman–Crippen MR) is 181 cm³/mol. The van der Waals surface area contributed by atoms with Crippen molar-refractivity contribution in [2.45, 2.75) is 20.8 Å². The van der Waals surface area contributed by atoms with E-state index in [1.807, 2.05) is 81.4 Å². The van der Waals surface area contributed by atoms with Crippen LogP contribution in [0.4, 0.5) is 0 Å². The van der Waals surface area contributed by atoms with Crippen molar-refractivity contribution in [1.82, 2.24) is 30.4 Å². The van der Waals surface area contributed by atoms with Gasteiger partial charge in [-0.05, 0) is 80.4 Å². The lowest BCUT2D eigenvalue weighted by Crippen LogP contribution is -2.01. The van der Waals surface area contributed by atoms with Gasteiger partial charge in [-0.3, -0.25) is 9.97 Å². The van der Waals surface area contributed by atoms with E-state index in [4.69, 9.17) is 58.0 Å². The van der Waals surface area contributed by atoms with Crippen LogP contribution in [0.5, 0.6) is 0 Å². The highest BCUT2D eigenvalue weighted by Gasteiger charge is 2.20. The summed E-state index contributed by atoms with van der Waals surface area (Å²) in [6.07, 6.45) is 3.39. The van der Waals surface area contributed by atoms with E-state index >= 15 is 0 Å². The van der Waals surface area contributed by atoms with Gasteiger partial charge in [-0.1, -0.05) is 82.3 Å². The van der Waals surface area contributed by atoms with Gasteiger partial charge in [0.2, 0.25) is 0 Å². The number of aryl methyl sites for hydroxylation is 3. The fourth-order valence-corrected chi connectivity index (χ4v) is 5.61. The number of hydrogen-bond acceptors (Lipinski definition) is 6. The molecule has 0 saturated carbocycles. The van der Waals surface area contributed by atoms with E-state index in [1.54, 1.807) is 24.5 Å². The van der Waals surface area contributed by atoms with Crippen LogP contribution in [0.2, 0.25) is 25.2 Å². The first-order valence-corrected chi connectivity index (χ1v) is 15.1. The number of hydrogen-bond donors (Lipinski definition) is 0. The molecule has 4 aromatic heterocycles. The Bertz CT molecular complexity index is 1810. The van der Waals surface area contributed by atoms with Gasteiger partial charge in [0.1, 0.15) is 0 Å². The quantitative estimate of drug-likeness (QED) is 0.184. The molecule has 0 N–H and O–H groups in total. The number of rotatable bonds is 4. The molecular formula is C33H23Cl5N6. The highest BCUT2D eigenvalue weighted by atomic mass is 35.5. The van der Waals surface area contributed by atoms with Gasteiger partial charge in [0.05, 0.1) is 44.1 Å². The average molecular weight is 681 g/mol. The zero-order valence-corrected chi connectivity index (χ0v) is 27.4. The maximum atomic E-state index is 6.34. The molecule has 44 heavy (non-hydrogen) atoms. The molecule has 6 rings (SSSR count). The molecule has 0 aliphatic heterocycles. The van der Waals surface area contributed by atoms with Crippen molar-refractivity contribution in [2.24, 2.45) is 0 Å². The summed E-state index contributed by atoms with van der Waals surface area (Å²) in [6, 6.07) is 22.2. The fraction of sp³-hybridized carbons (Fsp3) is 0.0909. The van der Waals surface area contributed by atoms with Crippen molar-refractivity contribution in [2.75, 3.05) is 0 Å². The molecule has 0 fully saturated rings. The molecule has 2 aromatic carbocycles. The summed E-state index contributed by atoms with van der Waals surface area (Å²) in [4.78, 5) is 8.77. The number of pyridine rings is 2. The second-order valence-corrected chi connectivity index (χ2v) is 11.7. The molecule has 11 heteroatoms. The van der Waals surface area contributed by atoms with Gasteiger partial charge >= 0.3 is 0 Å². The first-order chi connectivity index (χ1) is 21.2. The summed E-state index contributed by atoms with van der Waals surface area (Å²) in [7, 11) is 0. The molecule has 0 amide bonds. The van der Waals surface area contributed by atoms with Crippen molar-refractivity contribution in [1.29, 1.82) is 0 Å². The van der Waals surface area contributed by atoms with Crippen LogP contribution in [-0.2, 0) is 0 Å². The monoisotopic (exact) mass is 678 g/mol. The molecule has 0 unspecified atom stereocenters. The van der Waals surface area contributed by atoms with Gasteiger partial charge in [0.25, 0.3) is 0 Å². The minimum atomic E-state index is 0.260. The summed E-state index contributed by atoms with van der Waals surface area (Å²) in [5, 5.41) is 19.3. The first-order valence-electron chi connectivity index (χ1n) is 13.3. The summed E-state index contributed by atoms with van der Waals surface area (Å²) in [5.74, 6) is 0. The number of nitrogens with zero attached hydrogens (tertiary/aromatic N) is 6. The molecule has 6 aromatic rings. The Morgan fingerprint density at radius 2 is 0.818 bits per heavy atom. The largest absolute Gasteiger partial charge is 0.255 e. The highest BCUT2D eigenvalue weighted by Crippen LogP contribution is 2.40. The molecule has 0 atom stereocenters. The Kier molecular flexibility index (Phi) is 10.1. The molecular weight excluding hydrogens is 658 g/mol. The van der Waals surface area contributed by atoms with Gasteiger partial charge < -0.3 is 0 Å². The van der Waals surface area contributed by atoms with Crippen molar-refractivity contribution in [3.8, 4) is 44.8 Å². The third kappa shape index (κ3) is 6.85. The van der Waals surface area contributed by atoms with E-state index in [1.165, 1.54) is 0 Å². The molecule has 0 radical (unpaired) electrons. The predicted octanol–water partition coefficient (Wildman–Crippen LogP) is 10.6. The van der Waals surface area contributed by atoms with E-state index in [2.05, 4.69) is 30.4 Å². The second-order valence-electron chi connectivity index (χ2n) is 9.63. The Labute approximate surface area is 280 Å². The van der Waals surface area contributed by atoms with E-state index in [-0.39, 0.29) is 5.15 Å². The average Bonchev–Trinajstić information content (AvgIpc) is 3.02. The number of aromatic nitrogens is 6. The summed E-state index contributed by atoms with van der Waals surface area (Å²) >= 11 is 30.9. The van der Waals surface area contributed by atoms with Gasteiger partial charge in [0.15, 0.2) is 5.15 Å². The molecule has 0 saturated heterocycles. The van der Waals surface area contributed by atoms with E-state index in [0.29, 0.717) is 37.0 Å². The minimum absolute atomic E-state index is 0.260. The zero-order valence-electron chi connectivity index (χ0n) is 23.7. The van der Waals surface area contributed by atoms with Gasteiger partial charge in [-0.15, -0.1) is 5.10 Å². The fourth-order valence-electron chi connectivity index (χ4n) is 4.70. The van der Waals surface area contributed by atoms with E-state index in [9.17, 15) is 0 Å². The van der Waals surface area contributed by atoms with E-state index < -0.39 is 0 Å². The third-order valence-corrected chi connectivity index (χ3v) is 8.06. The second kappa shape index (κ2) is 14.0. The molecule has 0 aliphatic carbocycles. The number of benzene rings is 2. The molecule has 4 heterocycles. The summed E-state index contributed by atoms with van der Waals surface area (Å²) in [5.41, 5.74) is 8.97. The Hall–Kier alpha value is -3.65. The summed E-state index contributed by atoms with van der Waals surface area (Å²) < 4.78 is 0. The van der Waals surface area contributed by atoms with Crippen LogP contribution in [0.25, 0.3) is 44.8 Å². The maximum absolute atomic E-state index is 6.34. The standard InChI is InChI=1S/C17H13Cl2N3.C16H10Cl3N3/c1-10-15(12-5-7-13(18)8-6-12)16(11(2)22-21-10)17-14(19)4-3-9-20-17;1-9-13(10-4-6-11(17)7-5-10)14(16(19)22-21-9)15-12(18)3-2-8-20-15/h3-9H,1-2H3;2-8H,1H3. The molecule has 6 nitrogen and oxygen atoms in total. The molecule has 0 spiro atoms. The van der Waals surface area contributed by atoms with Crippen LogP contribution in [0, 0.1) is 20.8 Å². The zero-order chi connectivity index (χ0) is 31.4. The normalized spacial score (nSPS) is 10.7. The first kappa shape index (κ1) is 31.8. The van der Waals surface area contributed by atoms with Crippen LogP contribution >= 0.6 is 58.0 Å². The number of halogens is 5. The van der Waals surface area contributed by atoms with Crippen LogP contribution in [0.15, 0.2) is 85.2 Å². The molecule has 220 valence electrons. The third-order valence-electron chi connectivity index (χ3n) is 6.69. The van der Waals surface area contributed by atoms with Crippen LogP contribution in [0.3, 0.4) is 0 Å². The lowest BCUT2D eigenvalue weighted by atomic mass is 9.95. The van der Waals surface area contributed by atoms with Crippen LogP contribution in [-0.4, -0.2) is 30.4 Å². The topological polar surface area (TPSA) is 77.3 Å². The SMILES string of the molecule is Cc1nnc(C)c(-c2ncccc2Cl)c1-c1ccc(Cl)cc1.Cc1nnc(Cl)c(-c2ncccc2Cl)c1-c1ccc(Cl)cc1. The minimum Gasteiger partial charge on any atom is -0.255 e. The van der Waals surface area contributed by atoms with Crippen LogP contribution in [0.1, 0.15) is 17.1 Å².